The first kappa shape index (κ1) is 16.5. The molecule has 3 aromatic rings. The number of halogens is 1. The quantitative estimate of drug-likeness (QED) is 0.760. The third-order valence-electron chi connectivity index (χ3n) is 4.24. The van der Waals surface area contributed by atoms with Crippen LogP contribution in [0.1, 0.15) is 0 Å². The number of anilines is 4. The summed E-state index contributed by atoms with van der Waals surface area (Å²) in [7, 11) is 0. The van der Waals surface area contributed by atoms with Gasteiger partial charge in [-0.15, -0.1) is 5.10 Å². The van der Waals surface area contributed by atoms with E-state index in [4.69, 9.17) is 11.6 Å². The number of benzene rings is 1. The highest BCUT2D eigenvalue weighted by Gasteiger charge is 2.19. The number of rotatable bonds is 4. The van der Waals surface area contributed by atoms with Gasteiger partial charge in [-0.05, 0) is 24.3 Å². The van der Waals surface area contributed by atoms with Crippen molar-refractivity contribution in [1.29, 1.82) is 0 Å². The minimum Gasteiger partial charge on any atom is -0.353 e. The van der Waals surface area contributed by atoms with E-state index in [-0.39, 0.29) is 0 Å². The van der Waals surface area contributed by atoms with Crippen LogP contribution in [0, 0.1) is 0 Å². The van der Waals surface area contributed by atoms with Crippen molar-refractivity contribution < 1.29 is 0 Å². The van der Waals surface area contributed by atoms with E-state index in [0.29, 0.717) is 11.0 Å². The van der Waals surface area contributed by atoms with Crippen LogP contribution in [0.3, 0.4) is 0 Å². The Hall–Kier alpha value is -2.93. The highest BCUT2D eigenvalue weighted by molar-refractivity contribution is 6.33. The number of aromatic nitrogens is 4. The molecule has 1 saturated heterocycles. The van der Waals surface area contributed by atoms with Crippen molar-refractivity contribution in [2.75, 3.05) is 41.3 Å². The maximum Gasteiger partial charge on any atom is 0.249 e. The molecular formula is C18H18ClN7. The molecule has 1 N–H and O–H groups in total. The molecule has 1 aliphatic heterocycles. The Balaban J connectivity index is 1.44. The summed E-state index contributed by atoms with van der Waals surface area (Å²) in [5, 5.41) is 11.9. The second-order valence-corrected chi connectivity index (χ2v) is 6.31. The van der Waals surface area contributed by atoms with Gasteiger partial charge in [0.25, 0.3) is 0 Å². The lowest BCUT2D eigenvalue weighted by Gasteiger charge is -2.35. The highest BCUT2D eigenvalue weighted by Crippen LogP contribution is 2.24. The molecule has 0 amide bonds. The number of pyridine rings is 1. The van der Waals surface area contributed by atoms with E-state index in [1.54, 1.807) is 6.20 Å². The Bertz CT molecular complexity index is 866. The molecule has 7 nitrogen and oxygen atoms in total. The summed E-state index contributed by atoms with van der Waals surface area (Å²) in [6, 6.07) is 13.5. The van der Waals surface area contributed by atoms with Crippen LogP contribution in [0.4, 0.5) is 23.3 Å². The lowest BCUT2D eigenvalue weighted by Crippen LogP contribution is -2.47. The molecule has 0 spiro atoms. The van der Waals surface area contributed by atoms with Crippen molar-refractivity contribution in [1.82, 2.24) is 20.2 Å². The van der Waals surface area contributed by atoms with E-state index < -0.39 is 0 Å². The van der Waals surface area contributed by atoms with Crippen molar-refractivity contribution in [3.63, 3.8) is 0 Å². The predicted octanol–water partition coefficient (Wildman–Crippen LogP) is 2.99. The van der Waals surface area contributed by atoms with Crippen molar-refractivity contribution in [2.24, 2.45) is 0 Å². The number of hydrogen-bond donors (Lipinski definition) is 1. The van der Waals surface area contributed by atoms with Crippen molar-refractivity contribution >= 4 is 34.9 Å². The van der Waals surface area contributed by atoms with E-state index in [0.717, 1.165) is 43.5 Å². The molecule has 1 aromatic carbocycles. The van der Waals surface area contributed by atoms with Gasteiger partial charge >= 0.3 is 0 Å². The monoisotopic (exact) mass is 367 g/mol. The van der Waals surface area contributed by atoms with Gasteiger partial charge in [-0.3, -0.25) is 0 Å². The molecule has 1 fully saturated rings. The fourth-order valence-electron chi connectivity index (χ4n) is 2.89. The first-order valence-electron chi connectivity index (χ1n) is 8.42. The summed E-state index contributed by atoms with van der Waals surface area (Å²) in [5.41, 5.74) is 0.757. The SMILES string of the molecule is Clc1ccccc1Nc1nncc(N2CCN(c3ccccn3)CC2)n1. The van der Waals surface area contributed by atoms with E-state index >= 15 is 0 Å². The predicted molar refractivity (Wildman–Crippen MR) is 103 cm³/mol. The third-order valence-corrected chi connectivity index (χ3v) is 4.57. The van der Waals surface area contributed by atoms with Crippen LogP contribution in [0.15, 0.2) is 54.9 Å². The van der Waals surface area contributed by atoms with Gasteiger partial charge in [-0.1, -0.05) is 29.8 Å². The van der Waals surface area contributed by atoms with Crippen LogP contribution in [0.5, 0.6) is 0 Å². The summed E-state index contributed by atoms with van der Waals surface area (Å²) in [6.07, 6.45) is 3.51. The number of para-hydroxylation sites is 1. The van der Waals surface area contributed by atoms with Gasteiger partial charge in [0, 0.05) is 32.4 Å². The Morgan fingerprint density at radius 1 is 0.885 bits per heavy atom. The Kier molecular flexibility index (Phi) is 4.79. The molecule has 1 aliphatic rings. The smallest absolute Gasteiger partial charge is 0.249 e. The number of nitrogens with zero attached hydrogens (tertiary/aromatic N) is 6. The van der Waals surface area contributed by atoms with Gasteiger partial charge in [-0.2, -0.15) is 10.1 Å². The molecule has 4 rings (SSSR count). The zero-order valence-corrected chi connectivity index (χ0v) is 14.8. The zero-order chi connectivity index (χ0) is 17.8. The van der Waals surface area contributed by atoms with Gasteiger partial charge in [0.2, 0.25) is 5.95 Å². The van der Waals surface area contributed by atoms with E-state index in [2.05, 4.69) is 35.3 Å². The van der Waals surface area contributed by atoms with Gasteiger partial charge in [0.15, 0.2) is 5.82 Å². The van der Waals surface area contributed by atoms with Gasteiger partial charge < -0.3 is 15.1 Å². The molecule has 0 bridgehead atoms. The minimum atomic E-state index is 0.433. The maximum atomic E-state index is 6.18. The second kappa shape index (κ2) is 7.53. The van der Waals surface area contributed by atoms with E-state index in [1.807, 2.05) is 48.7 Å². The van der Waals surface area contributed by atoms with Gasteiger partial charge in [-0.25, -0.2) is 4.98 Å². The van der Waals surface area contributed by atoms with Crippen LogP contribution >= 0.6 is 11.6 Å². The molecule has 132 valence electrons. The fourth-order valence-corrected chi connectivity index (χ4v) is 3.07. The fraction of sp³-hybridized carbons (Fsp3) is 0.222. The molecule has 0 radical (unpaired) electrons. The van der Waals surface area contributed by atoms with Crippen LogP contribution in [0.2, 0.25) is 5.02 Å². The standard InChI is InChI=1S/C18H18ClN7/c19-14-5-1-2-6-15(14)22-18-23-17(13-21-24-18)26-11-9-25(10-12-26)16-7-3-4-8-20-16/h1-8,13H,9-12H2,(H,22,23,24). The first-order chi connectivity index (χ1) is 12.8. The molecule has 0 atom stereocenters. The maximum absolute atomic E-state index is 6.18. The van der Waals surface area contributed by atoms with Crippen molar-refractivity contribution in [2.45, 2.75) is 0 Å². The third kappa shape index (κ3) is 3.67. The molecule has 0 saturated carbocycles. The largest absolute Gasteiger partial charge is 0.353 e. The molecule has 0 unspecified atom stereocenters. The summed E-state index contributed by atoms with van der Waals surface area (Å²) in [4.78, 5) is 13.5. The van der Waals surface area contributed by atoms with Crippen LogP contribution in [-0.4, -0.2) is 46.3 Å². The minimum absolute atomic E-state index is 0.433. The van der Waals surface area contributed by atoms with Crippen molar-refractivity contribution in [3.8, 4) is 0 Å². The Morgan fingerprint density at radius 3 is 2.35 bits per heavy atom. The van der Waals surface area contributed by atoms with Crippen LogP contribution < -0.4 is 15.1 Å². The summed E-state index contributed by atoms with van der Waals surface area (Å²) < 4.78 is 0. The number of hydrogen-bond acceptors (Lipinski definition) is 7. The van der Waals surface area contributed by atoms with Crippen LogP contribution in [-0.2, 0) is 0 Å². The summed E-state index contributed by atoms with van der Waals surface area (Å²) in [5.74, 6) is 2.24. The molecular weight excluding hydrogens is 350 g/mol. The molecule has 8 heteroatoms. The Morgan fingerprint density at radius 2 is 1.62 bits per heavy atom. The highest BCUT2D eigenvalue weighted by atomic mass is 35.5. The second-order valence-electron chi connectivity index (χ2n) is 5.91. The lowest BCUT2D eigenvalue weighted by atomic mass is 10.3. The van der Waals surface area contributed by atoms with Gasteiger partial charge in [0.1, 0.15) is 5.82 Å². The average molecular weight is 368 g/mol. The lowest BCUT2D eigenvalue weighted by molar-refractivity contribution is 0.639. The van der Waals surface area contributed by atoms with Crippen molar-refractivity contribution in [3.05, 3.63) is 59.9 Å². The molecule has 26 heavy (non-hydrogen) atoms. The van der Waals surface area contributed by atoms with E-state index in [1.165, 1.54) is 0 Å². The summed E-state index contributed by atoms with van der Waals surface area (Å²) in [6.45, 7) is 3.46. The van der Waals surface area contributed by atoms with E-state index in [9.17, 15) is 0 Å². The topological polar surface area (TPSA) is 70.1 Å². The molecule has 0 aliphatic carbocycles. The number of nitrogens with one attached hydrogen (secondary N) is 1. The number of piperazine rings is 1. The first-order valence-corrected chi connectivity index (χ1v) is 8.79. The Labute approximate surface area is 156 Å². The van der Waals surface area contributed by atoms with Crippen LogP contribution in [0.25, 0.3) is 0 Å². The van der Waals surface area contributed by atoms with Gasteiger partial charge in [0.05, 0.1) is 16.9 Å². The summed E-state index contributed by atoms with van der Waals surface area (Å²) >= 11 is 6.18. The zero-order valence-electron chi connectivity index (χ0n) is 14.1. The average Bonchev–Trinajstić information content (AvgIpc) is 2.71. The molecule has 2 aromatic heterocycles. The normalized spacial score (nSPS) is 14.3. The molecule has 3 heterocycles.